The molecule has 33 heavy (non-hydrogen) atoms. The fraction of sp³-hybridized carbons (Fsp3) is 0.346. The lowest BCUT2D eigenvalue weighted by Crippen LogP contribution is -2.37. The third-order valence-corrected chi connectivity index (χ3v) is 6.29. The number of carbonyl (C=O) groups is 2. The standard InChI is InChI=1S/C26H29ClN4O2/c1-29(2)26(33)25-22-18-30(24(32)10-6-9-19-11-13-21(27)14-12-19)16-15-23(22)31(28-25)17-20-7-4-3-5-8-20/h3-5,7-8,11-14H,6,9-10,15-18H2,1-2H3. The third kappa shape index (κ3) is 5.45. The maximum absolute atomic E-state index is 12.9. The van der Waals surface area contributed by atoms with E-state index in [2.05, 4.69) is 17.2 Å². The summed E-state index contributed by atoms with van der Waals surface area (Å²) in [5.41, 5.74) is 4.68. The van der Waals surface area contributed by atoms with E-state index in [1.165, 1.54) is 5.56 Å². The first-order valence-electron chi connectivity index (χ1n) is 11.3. The summed E-state index contributed by atoms with van der Waals surface area (Å²) in [6, 6.07) is 17.9. The number of rotatable bonds is 7. The number of fused-ring (bicyclic) bond motifs is 1. The Kier molecular flexibility index (Phi) is 7.14. The molecule has 0 unspecified atom stereocenters. The molecule has 1 aliphatic rings. The van der Waals surface area contributed by atoms with Crippen LogP contribution < -0.4 is 0 Å². The lowest BCUT2D eigenvalue weighted by Gasteiger charge is -2.28. The lowest BCUT2D eigenvalue weighted by molar-refractivity contribution is -0.132. The van der Waals surface area contributed by atoms with E-state index in [9.17, 15) is 9.59 Å². The van der Waals surface area contributed by atoms with Crippen LogP contribution in [0.3, 0.4) is 0 Å². The largest absolute Gasteiger partial charge is 0.343 e. The molecule has 2 heterocycles. The van der Waals surface area contributed by atoms with Gasteiger partial charge in [0.2, 0.25) is 5.91 Å². The molecule has 0 saturated heterocycles. The maximum atomic E-state index is 12.9. The van der Waals surface area contributed by atoms with E-state index in [-0.39, 0.29) is 11.8 Å². The maximum Gasteiger partial charge on any atom is 0.274 e. The predicted octanol–water partition coefficient (Wildman–Crippen LogP) is 4.19. The summed E-state index contributed by atoms with van der Waals surface area (Å²) in [5.74, 6) is -0.0104. The Labute approximate surface area is 199 Å². The second kappa shape index (κ2) is 10.2. The summed E-state index contributed by atoms with van der Waals surface area (Å²) in [7, 11) is 3.46. The Hall–Kier alpha value is -3.12. The Morgan fingerprint density at radius 2 is 1.76 bits per heavy atom. The van der Waals surface area contributed by atoms with E-state index in [1.807, 2.05) is 52.0 Å². The Bertz CT molecular complexity index is 1120. The summed E-state index contributed by atoms with van der Waals surface area (Å²) >= 11 is 5.95. The quantitative estimate of drug-likeness (QED) is 0.526. The molecule has 1 aromatic heterocycles. The average Bonchev–Trinajstić information content (AvgIpc) is 3.17. The molecule has 7 heteroatoms. The summed E-state index contributed by atoms with van der Waals surface area (Å²) in [5, 5.41) is 5.41. The van der Waals surface area contributed by atoms with Crippen molar-refractivity contribution in [3.63, 3.8) is 0 Å². The zero-order chi connectivity index (χ0) is 23.4. The van der Waals surface area contributed by atoms with E-state index >= 15 is 0 Å². The number of halogens is 1. The van der Waals surface area contributed by atoms with E-state index in [0.29, 0.717) is 38.2 Å². The van der Waals surface area contributed by atoms with E-state index in [0.717, 1.165) is 34.7 Å². The molecule has 2 aromatic carbocycles. The second-order valence-corrected chi connectivity index (χ2v) is 9.10. The van der Waals surface area contributed by atoms with E-state index in [1.54, 1.807) is 19.0 Å². The number of hydrogen-bond donors (Lipinski definition) is 0. The molecule has 0 N–H and O–H groups in total. The van der Waals surface area contributed by atoms with Gasteiger partial charge in [0.25, 0.3) is 5.91 Å². The van der Waals surface area contributed by atoms with Gasteiger partial charge in [-0.15, -0.1) is 0 Å². The predicted molar refractivity (Wildman–Crippen MR) is 129 cm³/mol. The van der Waals surface area contributed by atoms with Gasteiger partial charge in [0, 0.05) is 56.3 Å². The van der Waals surface area contributed by atoms with Gasteiger partial charge in [-0.2, -0.15) is 5.10 Å². The van der Waals surface area contributed by atoms with Crippen LogP contribution in [0.1, 0.15) is 45.7 Å². The monoisotopic (exact) mass is 464 g/mol. The second-order valence-electron chi connectivity index (χ2n) is 8.66. The summed E-state index contributed by atoms with van der Waals surface area (Å²) in [4.78, 5) is 29.2. The van der Waals surface area contributed by atoms with Gasteiger partial charge in [0.15, 0.2) is 5.69 Å². The summed E-state index contributed by atoms with van der Waals surface area (Å²) in [6.07, 6.45) is 2.79. The minimum atomic E-state index is -0.130. The molecule has 0 spiro atoms. The molecule has 0 bridgehead atoms. The number of hydrogen-bond acceptors (Lipinski definition) is 3. The number of benzene rings is 2. The summed E-state index contributed by atoms with van der Waals surface area (Å²) in [6.45, 7) is 1.68. The fourth-order valence-corrected chi connectivity index (χ4v) is 4.35. The van der Waals surface area contributed by atoms with E-state index in [4.69, 9.17) is 11.6 Å². The van der Waals surface area contributed by atoms with Crippen molar-refractivity contribution in [3.8, 4) is 0 Å². The number of aromatic nitrogens is 2. The van der Waals surface area contributed by atoms with Crippen LogP contribution in [-0.4, -0.2) is 52.0 Å². The third-order valence-electron chi connectivity index (χ3n) is 6.04. The molecular formula is C26H29ClN4O2. The molecule has 1 aliphatic heterocycles. The van der Waals surface area contributed by atoms with Gasteiger partial charge in [-0.05, 0) is 36.1 Å². The minimum Gasteiger partial charge on any atom is -0.343 e. The number of nitrogens with zero attached hydrogens (tertiary/aromatic N) is 4. The first-order valence-corrected chi connectivity index (χ1v) is 11.7. The van der Waals surface area contributed by atoms with Crippen molar-refractivity contribution in [1.82, 2.24) is 19.6 Å². The molecule has 0 radical (unpaired) electrons. The van der Waals surface area contributed by atoms with Crippen LogP contribution in [0, 0.1) is 0 Å². The van der Waals surface area contributed by atoms with E-state index < -0.39 is 0 Å². The van der Waals surface area contributed by atoms with Crippen molar-refractivity contribution in [3.05, 3.63) is 87.7 Å². The average molecular weight is 465 g/mol. The smallest absolute Gasteiger partial charge is 0.274 e. The van der Waals surface area contributed by atoms with Crippen LogP contribution in [0.5, 0.6) is 0 Å². The Morgan fingerprint density at radius 1 is 1.03 bits per heavy atom. The van der Waals surface area contributed by atoms with Crippen molar-refractivity contribution in [2.24, 2.45) is 0 Å². The normalized spacial score (nSPS) is 13.0. The van der Waals surface area contributed by atoms with Gasteiger partial charge < -0.3 is 9.80 Å². The molecule has 0 saturated carbocycles. The highest BCUT2D eigenvalue weighted by atomic mass is 35.5. The highest BCUT2D eigenvalue weighted by molar-refractivity contribution is 6.30. The highest BCUT2D eigenvalue weighted by Gasteiger charge is 2.30. The fourth-order valence-electron chi connectivity index (χ4n) is 4.23. The van der Waals surface area contributed by atoms with Gasteiger partial charge in [-0.25, -0.2) is 0 Å². The molecule has 6 nitrogen and oxygen atoms in total. The van der Waals surface area contributed by atoms with Crippen LogP contribution in [0.25, 0.3) is 0 Å². The molecular weight excluding hydrogens is 436 g/mol. The molecule has 0 fully saturated rings. The highest BCUT2D eigenvalue weighted by Crippen LogP contribution is 2.25. The molecule has 172 valence electrons. The zero-order valence-electron chi connectivity index (χ0n) is 19.1. The lowest BCUT2D eigenvalue weighted by atomic mass is 10.0. The zero-order valence-corrected chi connectivity index (χ0v) is 19.9. The first-order chi connectivity index (χ1) is 15.9. The SMILES string of the molecule is CN(C)C(=O)c1nn(Cc2ccccc2)c2c1CN(C(=O)CCCc1ccc(Cl)cc1)CC2. The van der Waals surface area contributed by atoms with Crippen LogP contribution in [-0.2, 0) is 30.7 Å². The van der Waals surface area contributed by atoms with Gasteiger partial charge in [0.1, 0.15) is 0 Å². The molecule has 2 amide bonds. The van der Waals surface area contributed by atoms with Crippen LogP contribution in [0.15, 0.2) is 54.6 Å². The van der Waals surface area contributed by atoms with Crippen molar-refractivity contribution in [1.29, 1.82) is 0 Å². The molecule has 0 atom stereocenters. The number of amides is 2. The van der Waals surface area contributed by atoms with Crippen LogP contribution in [0.4, 0.5) is 0 Å². The first kappa shape index (κ1) is 23.1. The van der Waals surface area contributed by atoms with Crippen LogP contribution >= 0.6 is 11.6 Å². The van der Waals surface area contributed by atoms with Crippen molar-refractivity contribution >= 4 is 23.4 Å². The number of aryl methyl sites for hydroxylation is 1. The number of carbonyl (C=O) groups excluding carboxylic acids is 2. The van der Waals surface area contributed by atoms with Gasteiger partial charge in [0.05, 0.1) is 6.54 Å². The summed E-state index contributed by atoms with van der Waals surface area (Å²) < 4.78 is 1.93. The van der Waals surface area contributed by atoms with Crippen molar-refractivity contribution < 1.29 is 9.59 Å². The topological polar surface area (TPSA) is 58.4 Å². The van der Waals surface area contributed by atoms with Crippen molar-refractivity contribution in [2.75, 3.05) is 20.6 Å². The Balaban J connectivity index is 1.47. The van der Waals surface area contributed by atoms with Crippen LogP contribution in [0.2, 0.25) is 5.02 Å². The Morgan fingerprint density at radius 3 is 2.45 bits per heavy atom. The van der Waals surface area contributed by atoms with Gasteiger partial charge in [-0.3, -0.25) is 14.3 Å². The minimum absolute atomic E-state index is 0.119. The molecule has 3 aromatic rings. The molecule has 0 aliphatic carbocycles. The van der Waals surface area contributed by atoms with Gasteiger partial charge in [-0.1, -0.05) is 54.1 Å². The van der Waals surface area contributed by atoms with Gasteiger partial charge >= 0.3 is 0 Å². The van der Waals surface area contributed by atoms with Crippen molar-refractivity contribution in [2.45, 2.75) is 38.8 Å². The molecule has 4 rings (SSSR count).